The molecule has 1 N–H and O–H groups in total. The Morgan fingerprint density at radius 2 is 2.24 bits per heavy atom. The first-order chi connectivity index (χ1) is 10.1. The van der Waals surface area contributed by atoms with Crippen LogP contribution in [0, 0.1) is 19.8 Å². The number of carbonyl (C=O) groups is 1. The minimum absolute atomic E-state index is 0.00212. The molecule has 21 heavy (non-hydrogen) atoms. The molecule has 4 heteroatoms. The number of hydrazone groups is 1. The van der Waals surface area contributed by atoms with E-state index in [1.54, 1.807) is 0 Å². The largest absolute Gasteiger partial charge is 0.483 e. The third kappa shape index (κ3) is 4.31. The van der Waals surface area contributed by atoms with E-state index in [0.717, 1.165) is 35.4 Å². The second-order valence-corrected chi connectivity index (χ2v) is 5.69. The van der Waals surface area contributed by atoms with Gasteiger partial charge in [0.05, 0.1) is 0 Å². The molecule has 0 spiro atoms. The van der Waals surface area contributed by atoms with E-state index >= 15 is 0 Å². The van der Waals surface area contributed by atoms with Crippen molar-refractivity contribution in [1.29, 1.82) is 0 Å². The number of benzene rings is 1. The Labute approximate surface area is 126 Å². The van der Waals surface area contributed by atoms with Gasteiger partial charge in [0.1, 0.15) is 5.75 Å². The van der Waals surface area contributed by atoms with Crippen LogP contribution < -0.4 is 10.2 Å². The van der Waals surface area contributed by atoms with Gasteiger partial charge < -0.3 is 4.74 Å². The van der Waals surface area contributed by atoms with Gasteiger partial charge >= 0.3 is 0 Å². The molecule has 1 atom stereocenters. The second-order valence-electron chi connectivity index (χ2n) is 5.69. The molecule has 1 saturated carbocycles. The van der Waals surface area contributed by atoms with Crippen molar-refractivity contribution >= 4 is 11.6 Å². The maximum absolute atomic E-state index is 11.8. The summed E-state index contributed by atoms with van der Waals surface area (Å²) in [4.78, 5) is 11.8. The minimum atomic E-state index is -0.204. The molecule has 4 nitrogen and oxygen atoms in total. The highest BCUT2D eigenvalue weighted by molar-refractivity contribution is 5.89. The molecule has 0 saturated heterocycles. The number of ether oxygens (including phenoxy) is 1. The van der Waals surface area contributed by atoms with Gasteiger partial charge in [-0.25, -0.2) is 5.43 Å². The van der Waals surface area contributed by atoms with Crippen molar-refractivity contribution in [3.8, 4) is 5.75 Å². The predicted molar refractivity (Wildman–Crippen MR) is 84.6 cm³/mol. The Morgan fingerprint density at radius 1 is 1.43 bits per heavy atom. The molecule has 1 unspecified atom stereocenters. The van der Waals surface area contributed by atoms with E-state index < -0.39 is 0 Å². The third-order valence-corrected chi connectivity index (χ3v) is 3.98. The highest BCUT2D eigenvalue weighted by atomic mass is 16.5. The summed E-state index contributed by atoms with van der Waals surface area (Å²) in [6.45, 7) is 6.13. The summed E-state index contributed by atoms with van der Waals surface area (Å²) in [5.74, 6) is 1.08. The van der Waals surface area contributed by atoms with Crippen molar-refractivity contribution in [2.24, 2.45) is 11.0 Å². The van der Waals surface area contributed by atoms with Gasteiger partial charge in [-0.15, -0.1) is 0 Å². The monoisotopic (exact) mass is 288 g/mol. The van der Waals surface area contributed by atoms with Crippen molar-refractivity contribution in [1.82, 2.24) is 5.43 Å². The fourth-order valence-corrected chi connectivity index (χ4v) is 2.66. The lowest BCUT2D eigenvalue weighted by Crippen LogP contribution is -2.26. The smallest absolute Gasteiger partial charge is 0.277 e. The highest BCUT2D eigenvalue weighted by Crippen LogP contribution is 2.24. The Hall–Kier alpha value is -1.84. The summed E-state index contributed by atoms with van der Waals surface area (Å²) >= 11 is 0. The van der Waals surface area contributed by atoms with Gasteiger partial charge in [0, 0.05) is 5.71 Å². The average molecular weight is 288 g/mol. The summed E-state index contributed by atoms with van der Waals surface area (Å²) in [6, 6.07) is 5.96. The summed E-state index contributed by atoms with van der Waals surface area (Å²) in [6.07, 6.45) is 4.45. The van der Waals surface area contributed by atoms with Crippen molar-refractivity contribution in [2.45, 2.75) is 46.5 Å². The molecule has 0 radical (unpaired) electrons. The van der Waals surface area contributed by atoms with Gasteiger partial charge in [-0.3, -0.25) is 4.79 Å². The van der Waals surface area contributed by atoms with Crippen molar-refractivity contribution in [2.75, 3.05) is 6.61 Å². The zero-order chi connectivity index (χ0) is 15.2. The number of hydrogen-bond donors (Lipinski definition) is 1. The van der Waals surface area contributed by atoms with Gasteiger partial charge in [-0.1, -0.05) is 19.1 Å². The highest BCUT2D eigenvalue weighted by Gasteiger charge is 2.20. The van der Waals surface area contributed by atoms with Crippen LogP contribution in [0.2, 0.25) is 0 Å². The van der Waals surface area contributed by atoms with E-state index in [-0.39, 0.29) is 12.5 Å². The molecular weight excluding hydrogens is 264 g/mol. The maximum Gasteiger partial charge on any atom is 0.277 e. The molecule has 0 heterocycles. The van der Waals surface area contributed by atoms with E-state index in [0.29, 0.717) is 5.92 Å². The van der Waals surface area contributed by atoms with Crippen molar-refractivity contribution in [3.05, 3.63) is 29.3 Å². The molecule has 0 bridgehead atoms. The van der Waals surface area contributed by atoms with Crippen LogP contribution in [0.4, 0.5) is 0 Å². The molecule has 114 valence electrons. The summed E-state index contributed by atoms with van der Waals surface area (Å²) in [5, 5.41) is 4.26. The van der Waals surface area contributed by atoms with Crippen LogP contribution in [0.5, 0.6) is 5.75 Å². The zero-order valence-corrected chi connectivity index (χ0v) is 13.1. The number of carbonyl (C=O) groups excluding carboxylic acids is 1. The van der Waals surface area contributed by atoms with E-state index in [9.17, 15) is 4.79 Å². The fraction of sp³-hybridized carbons (Fsp3) is 0.529. The molecule has 1 aromatic carbocycles. The van der Waals surface area contributed by atoms with Crippen LogP contribution in [-0.2, 0) is 4.79 Å². The molecule has 0 aromatic heterocycles. The van der Waals surface area contributed by atoms with Gasteiger partial charge in [0.15, 0.2) is 6.61 Å². The van der Waals surface area contributed by atoms with Gasteiger partial charge in [0.25, 0.3) is 5.91 Å². The van der Waals surface area contributed by atoms with Crippen LogP contribution >= 0.6 is 0 Å². The Morgan fingerprint density at radius 3 is 3.00 bits per heavy atom. The molecule has 1 fully saturated rings. The topological polar surface area (TPSA) is 50.7 Å². The number of aryl methyl sites for hydroxylation is 2. The molecule has 1 amide bonds. The first-order valence-corrected chi connectivity index (χ1v) is 7.65. The Balaban J connectivity index is 1.85. The lowest BCUT2D eigenvalue weighted by molar-refractivity contribution is -0.123. The second kappa shape index (κ2) is 7.25. The third-order valence-electron chi connectivity index (χ3n) is 3.98. The lowest BCUT2D eigenvalue weighted by Gasteiger charge is -2.10. The molecule has 2 rings (SSSR count). The van der Waals surface area contributed by atoms with Crippen molar-refractivity contribution < 1.29 is 9.53 Å². The van der Waals surface area contributed by atoms with E-state index in [1.807, 2.05) is 32.0 Å². The van der Waals surface area contributed by atoms with Crippen LogP contribution in [0.1, 0.15) is 43.7 Å². The first kappa shape index (κ1) is 15.5. The van der Waals surface area contributed by atoms with Gasteiger partial charge in [-0.2, -0.15) is 5.10 Å². The number of rotatable bonds is 5. The summed E-state index contributed by atoms with van der Waals surface area (Å²) < 4.78 is 5.57. The fourth-order valence-electron chi connectivity index (χ4n) is 2.66. The molecular formula is C17H24N2O2. The lowest BCUT2D eigenvalue weighted by atomic mass is 10.0. The Kier molecular flexibility index (Phi) is 5.37. The number of amides is 1. The molecule has 1 aromatic rings. The minimum Gasteiger partial charge on any atom is -0.483 e. The Bertz CT molecular complexity index is 538. The number of hydrogen-bond acceptors (Lipinski definition) is 3. The molecule has 1 aliphatic rings. The predicted octanol–water partition coefficient (Wildman–Crippen LogP) is 3.36. The standard InChI is InChI=1S/C17H24N2O2/c1-4-14-6-5-7-15(14)18-19-17(20)11-21-16-10-12(2)8-9-13(16)3/h8-10,14H,4-7,11H2,1-3H3,(H,19,20)/b18-15+. The van der Waals surface area contributed by atoms with E-state index in [2.05, 4.69) is 17.5 Å². The van der Waals surface area contributed by atoms with Crippen LogP contribution in [0.15, 0.2) is 23.3 Å². The average Bonchev–Trinajstić information content (AvgIpc) is 2.93. The first-order valence-electron chi connectivity index (χ1n) is 7.65. The summed E-state index contributed by atoms with van der Waals surface area (Å²) in [5.41, 5.74) is 5.89. The number of nitrogens with zero attached hydrogens (tertiary/aromatic N) is 1. The summed E-state index contributed by atoms with van der Waals surface area (Å²) in [7, 11) is 0. The molecule has 0 aliphatic heterocycles. The van der Waals surface area contributed by atoms with Gasteiger partial charge in [-0.05, 0) is 62.6 Å². The van der Waals surface area contributed by atoms with E-state index in [1.165, 1.54) is 12.8 Å². The SMILES string of the molecule is CCC1CCC/C1=N\NC(=O)COc1cc(C)ccc1C. The quantitative estimate of drug-likeness (QED) is 0.845. The van der Waals surface area contributed by atoms with Gasteiger partial charge in [0.2, 0.25) is 0 Å². The van der Waals surface area contributed by atoms with Crippen LogP contribution in [0.3, 0.4) is 0 Å². The van der Waals surface area contributed by atoms with Crippen molar-refractivity contribution in [3.63, 3.8) is 0 Å². The van der Waals surface area contributed by atoms with Crippen LogP contribution in [0.25, 0.3) is 0 Å². The molecule has 1 aliphatic carbocycles. The van der Waals surface area contributed by atoms with Crippen LogP contribution in [-0.4, -0.2) is 18.2 Å². The normalized spacial score (nSPS) is 19.8. The zero-order valence-electron chi connectivity index (χ0n) is 13.1. The van der Waals surface area contributed by atoms with E-state index in [4.69, 9.17) is 4.74 Å². The number of nitrogens with one attached hydrogen (secondary N) is 1. The maximum atomic E-state index is 11.8.